The second kappa shape index (κ2) is 5.36. The lowest BCUT2D eigenvalue weighted by molar-refractivity contribution is 0.0993. The molecule has 1 nitrogen and oxygen atoms in total. The van der Waals surface area contributed by atoms with Crippen molar-refractivity contribution >= 4 is 17.4 Å². The average Bonchev–Trinajstić information content (AvgIpc) is 2.35. The fourth-order valence-electron chi connectivity index (χ4n) is 1.94. The van der Waals surface area contributed by atoms with Gasteiger partial charge in [0.15, 0.2) is 5.78 Å². The second-order valence-electron chi connectivity index (χ2n) is 4.46. The van der Waals surface area contributed by atoms with Crippen molar-refractivity contribution in [2.75, 3.05) is 0 Å². The van der Waals surface area contributed by atoms with Crippen LogP contribution in [0.25, 0.3) is 0 Å². The van der Waals surface area contributed by atoms with Crippen molar-refractivity contribution in [3.8, 4) is 0 Å². The van der Waals surface area contributed by atoms with E-state index in [1.165, 1.54) is 0 Å². The molecule has 0 unspecified atom stereocenters. The number of hydrogen-bond donors (Lipinski definition) is 0. The summed E-state index contributed by atoms with van der Waals surface area (Å²) in [6, 6.07) is 13.5. The number of carbonyl (C=O) groups excluding carboxylic acids is 1. The second-order valence-corrected chi connectivity index (χ2v) is 4.84. The Labute approximate surface area is 112 Å². The van der Waals surface area contributed by atoms with Gasteiger partial charge in [0, 0.05) is 12.0 Å². The van der Waals surface area contributed by atoms with Gasteiger partial charge in [-0.3, -0.25) is 4.79 Å². The molecule has 0 N–H and O–H groups in total. The molecule has 0 amide bonds. The molecule has 2 aromatic rings. The van der Waals surface area contributed by atoms with Gasteiger partial charge in [0.05, 0.1) is 5.02 Å². The van der Waals surface area contributed by atoms with Crippen LogP contribution in [-0.4, -0.2) is 5.78 Å². The standard InChI is InChI=1S/C16H15ClO/c1-11-6-3-4-8-13(11)10-15(18)14-9-5-7-12(2)16(14)17/h3-9H,10H2,1-2H3. The maximum Gasteiger partial charge on any atom is 0.168 e. The minimum absolute atomic E-state index is 0.0676. The van der Waals surface area contributed by atoms with Crippen LogP contribution in [0.3, 0.4) is 0 Å². The van der Waals surface area contributed by atoms with Gasteiger partial charge in [0.25, 0.3) is 0 Å². The molecule has 0 saturated carbocycles. The van der Waals surface area contributed by atoms with Gasteiger partial charge in [-0.15, -0.1) is 0 Å². The maximum absolute atomic E-state index is 12.3. The molecule has 0 aliphatic rings. The molecule has 92 valence electrons. The van der Waals surface area contributed by atoms with Crippen LogP contribution in [0.15, 0.2) is 42.5 Å². The topological polar surface area (TPSA) is 17.1 Å². The largest absolute Gasteiger partial charge is 0.294 e. The molecule has 0 spiro atoms. The number of hydrogen-bond acceptors (Lipinski definition) is 1. The van der Waals surface area contributed by atoms with Crippen LogP contribution >= 0.6 is 11.6 Å². The molecule has 0 atom stereocenters. The number of rotatable bonds is 3. The van der Waals surface area contributed by atoms with Crippen molar-refractivity contribution in [3.63, 3.8) is 0 Å². The highest BCUT2D eigenvalue weighted by Crippen LogP contribution is 2.22. The zero-order chi connectivity index (χ0) is 13.1. The first kappa shape index (κ1) is 12.8. The third-order valence-corrected chi connectivity index (χ3v) is 3.61. The van der Waals surface area contributed by atoms with E-state index in [4.69, 9.17) is 11.6 Å². The van der Waals surface area contributed by atoms with Crippen LogP contribution in [-0.2, 0) is 6.42 Å². The van der Waals surface area contributed by atoms with Crippen LogP contribution in [0.5, 0.6) is 0 Å². The summed E-state index contributed by atoms with van der Waals surface area (Å²) in [6.45, 7) is 3.92. The quantitative estimate of drug-likeness (QED) is 0.747. The van der Waals surface area contributed by atoms with E-state index in [-0.39, 0.29) is 5.78 Å². The Balaban J connectivity index is 2.28. The Kier molecular flexibility index (Phi) is 3.83. The summed E-state index contributed by atoms with van der Waals surface area (Å²) in [7, 11) is 0. The smallest absolute Gasteiger partial charge is 0.168 e. The van der Waals surface area contributed by atoms with Gasteiger partial charge in [-0.05, 0) is 36.6 Å². The van der Waals surface area contributed by atoms with E-state index < -0.39 is 0 Å². The van der Waals surface area contributed by atoms with Crippen LogP contribution in [0.4, 0.5) is 0 Å². The predicted octanol–water partition coefficient (Wildman–Crippen LogP) is 4.38. The lowest BCUT2D eigenvalue weighted by Gasteiger charge is -2.07. The third kappa shape index (κ3) is 2.62. The monoisotopic (exact) mass is 258 g/mol. The summed E-state index contributed by atoms with van der Waals surface area (Å²) in [4.78, 5) is 12.3. The summed E-state index contributed by atoms with van der Waals surface area (Å²) in [5.41, 5.74) is 3.74. The number of Topliss-reactive ketones (excluding diaryl/α,β-unsaturated/α-hetero) is 1. The molecule has 2 heteroatoms. The highest BCUT2D eigenvalue weighted by Gasteiger charge is 2.13. The molecule has 0 heterocycles. The highest BCUT2D eigenvalue weighted by molar-refractivity contribution is 6.34. The molecule has 2 rings (SSSR count). The van der Waals surface area contributed by atoms with Gasteiger partial charge in [-0.25, -0.2) is 0 Å². The summed E-state index contributed by atoms with van der Waals surface area (Å²) in [6.07, 6.45) is 0.399. The molecular formula is C16H15ClO. The van der Waals surface area contributed by atoms with Gasteiger partial charge in [0.1, 0.15) is 0 Å². The molecule has 0 aromatic heterocycles. The summed E-state index contributed by atoms with van der Waals surface area (Å²) in [5.74, 6) is 0.0676. The number of benzene rings is 2. The van der Waals surface area contributed by atoms with E-state index in [2.05, 4.69) is 0 Å². The maximum atomic E-state index is 12.3. The number of aryl methyl sites for hydroxylation is 2. The number of halogens is 1. The Morgan fingerprint density at radius 2 is 1.67 bits per heavy atom. The van der Waals surface area contributed by atoms with Gasteiger partial charge in [-0.1, -0.05) is 48.0 Å². The van der Waals surface area contributed by atoms with Crippen molar-refractivity contribution in [2.24, 2.45) is 0 Å². The molecular weight excluding hydrogens is 244 g/mol. The SMILES string of the molecule is Cc1ccccc1CC(=O)c1cccc(C)c1Cl. The first-order valence-corrected chi connectivity index (χ1v) is 6.30. The van der Waals surface area contributed by atoms with E-state index in [0.29, 0.717) is 17.0 Å². The lowest BCUT2D eigenvalue weighted by Crippen LogP contribution is -2.06. The van der Waals surface area contributed by atoms with Gasteiger partial charge in [0.2, 0.25) is 0 Å². The van der Waals surface area contributed by atoms with Crippen molar-refractivity contribution in [1.82, 2.24) is 0 Å². The average molecular weight is 259 g/mol. The third-order valence-electron chi connectivity index (χ3n) is 3.10. The number of carbonyl (C=O) groups is 1. The Bertz CT molecular complexity index is 587. The van der Waals surface area contributed by atoms with Crippen molar-refractivity contribution in [3.05, 3.63) is 69.7 Å². The molecule has 18 heavy (non-hydrogen) atoms. The first-order valence-electron chi connectivity index (χ1n) is 5.92. The predicted molar refractivity (Wildman–Crippen MR) is 75.4 cm³/mol. The fourth-order valence-corrected chi connectivity index (χ4v) is 2.17. The molecule has 0 bridgehead atoms. The van der Waals surface area contributed by atoms with Gasteiger partial charge < -0.3 is 0 Å². The molecule has 0 aliphatic carbocycles. The Morgan fingerprint density at radius 1 is 1.00 bits per heavy atom. The lowest BCUT2D eigenvalue weighted by atomic mass is 9.98. The Morgan fingerprint density at radius 3 is 2.39 bits per heavy atom. The molecule has 0 saturated heterocycles. The highest BCUT2D eigenvalue weighted by atomic mass is 35.5. The zero-order valence-corrected chi connectivity index (χ0v) is 11.3. The van der Waals surface area contributed by atoms with Crippen molar-refractivity contribution in [2.45, 2.75) is 20.3 Å². The summed E-state index contributed by atoms with van der Waals surface area (Å²) >= 11 is 6.17. The molecule has 2 aromatic carbocycles. The normalized spacial score (nSPS) is 10.4. The summed E-state index contributed by atoms with van der Waals surface area (Å²) < 4.78 is 0. The fraction of sp³-hybridized carbons (Fsp3) is 0.188. The van der Waals surface area contributed by atoms with E-state index in [9.17, 15) is 4.79 Å². The zero-order valence-electron chi connectivity index (χ0n) is 10.5. The van der Waals surface area contributed by atoms with E-state index in [1.807, 2.05) is 50.2 Å². The molecule has 0 radical (unpaired) electrons. The van der Waals surface area contributed by atoms with Gasteiger partial charge >= 0.3 is 0 Å². The van der Waals surface area contributed by atoms with Crippen LogP contribution in [0.1, 0.15) is 27.0 Å². The first-order chi connectivity index (χ1) is 8.59. The minimum atomic E-state index is 0.0676. The van der Waals surface area contributed by atoms with E-state index in [0.717, 1.165) is 16.7 Å². The molecule has 0 aliphatic heterocycles. The van der Waals surface area contributed by atoms with Crippen LogP contribution in [0, 0.1) is 13.8 Å². The number of ketones is 1. The van der Waals surface area contributed by atoms with Crippen LogP contribution < -0.4 is 0 Å². The van der Waals surface area contributed by atoms with Crippen LogP contribution in [0.2, 0.25) is 5.02 Å². The molecule has 0 fully saturated rings. The summed E-state index contributed by atoms with van der Waals surface area (Å²) in [5, 5.41) is 0.566. The van der Waals surface area contributed by atoms with Gasteiger partial charge in [-0.2, -0.15) is 0 Å². The Hall–Kier alpha value is -1.60. The minimum Gasteiger partial charge on any atom is -0.294 e. The van der Waals surface area contributed by atoms with E-state index in [1.54, 1.807) is 6.07 Å². The van der Waals surface area contributed by atoms with Crippen molar-refractivity contribution in [1.29, 1.82) is 0 Å². The van der Waals surface area contributed by atoms with Crippen molar-refractivity contribution < 1.29 is 4.79 Å². The van der Waals surface area contributed by atoms with E-state index >= 15 is 0 Å².